The molecule has 1 aromatic carbocycles. The number of halogens is 7. The van der Waals surface area contributed by atoms with E-state index >= 15 is 0 Å². The van der Waals surface area contributed by atoms with Crippen LogP contribution in [0.4, 0.5) is 22.0 Å². The Kier molecular flexibility index (Phi) is 5.83. The molecule has 1 nitrogen and oxygen atoms in total. The summed E-state index contributed by atoms with van der Waals surface area (Å²) in [6, 6.07) is -0.00312. The van der Waals surface area contributed by atoms with Gasteiger partial charge in [-0.1, -0.05) is 15.9 Å². The Labute approximate surface area is 109 Å². The molecule has 1 rings (SSSR count). The molecule has 17 heavy (non-hydrogen) atoms. The van der Waals surface area contributed by atoms with Gasteiger partial charge in [0, 0.05) is 16.1 Å². The Balaban J connectivity index is 0.00000256. The van der Waals surface area contributed by atoms with Crippen LogP contribution < -0.4 is 5.73 Å². The van der Waals surface area contributed by atoms with Crippen molar-refractivity contribution in [2.75, 3.05) is 0 Å². The lowest BCUT2D eigenvalue weighted by Gasteiger charge is -2.16. The van der Waals surface area contributed by atoms with E-state index in [1.165, 1.54) is 0 Å². The highest BCUT2D eigenvalue weighted by molar-refractivity contribution is 9.10. The Morgan fingerprint density at radius 1 is 1.18 bits per heavy atom. The first kappa shape index (κ1) is 16.6. The van der Waals surface area contributed by atoms with E-state index in [2.05, 4.69) is 15.9 Å². The summed E-state index contributed by atoms with van der Waals surface area (Å²) in [5, 5.41) is 0. The first-order valence-electron chi connectivity index (χ1n) is 4.17. The number of alkyl halides is 3. The maximum absolute atomic E-state index is 13.2. The highest BCUT2D eigenvalue weighted by atomic mass is 79.9. The summed E-state index contributed by atoms with van der Waals surface area (Å²) >= 11 is 2.81. The van der Waals surface area contributed by atoms with Crippen LogP contribution in [0.1, 0.15) is 18.0 Å². The number of hydrogen-bond acceptors (Lipinski definition) is 1. The van der Waals surface area contributed by atoms with E-state index in [1.54, 1.807) is 0 Å². The Hall–Kier alpha value is -0.400. The molecular formula is C9H8BrClF5N. The van der Waals surface area contributed by atoms with Crippen LogP contribution in [-0.2, 0) is 0 Å². The molecular weight excluding hydrogens is 332 g/mol. The van der Waals surface area contributed by atoms with Crippen molar-refractivity contribution in [3.05, 3.63) is 33.8 Å². The molecule has 0 amide bonds. The van der Waals surface area contributed by atoms with Crippen LogP contribution in [0.15, 0.2) is 16.6 Å². The van der Waals surface area contributed by atoms with Crippen LogP contribution in [0.25, 0.3) is 0 Å². The third kappa shape index (κ3) is 4.77. The molecule has 1 aromatic rings. The second kappa shape index (κ2) is 5.97. The largest absolute Gasteiger partial charge is 0.390 e. The van der Waals surface area contributed by atoms with Crippen molar-refractivity contribution < 1.29 is 22.0 Å². The van der Waals surface area contributed by atoms with E-state index in [0.717, 1.165) is 12.1 Å². The Bertz CT molecular complexity index is 372. The standard InChI is InChI=1S/C9H7BrF5N.ClH/c10-4-1-5(11)8(6(12)2-4)7(16)3-9(13,14)15;/h1-2,7H,3,16H2;1H/t7-;/m1./s1. The molecule has 1 atom stereocenters. The third-order valence-electron chi connectivity index (χ3n) is 1.87. The lowest BCUT2D eigenvalue weighted by molar-refractivity contribution is -0.138. The van der Waals surface area contributed by atoms with E-state index in [1.807, 2.05) is 0 Å². The van der Waals surface area contributed by atoms with Gasteiger partial charge in [0.25, 0.3) is 0 Å². The zero-order valence-corrected chi connectivity index (χ0v) is 10.6. The van der Waals surface area contributed by atoms with Crippen LogP contribution in [0.2, 0.25) is 0 Å². The summed E-state index contributed by atoms with van der Waals surface area (Å²) in [4.78, 5) is 0. The Morgan fingerprint density at radius 3 is 1.94 bits per heavy atom. The number of nitrogens with two attached hydrogens (primary N) is 1. The molecule has 2 N–H and O–H groups in total. The van der Waals surface area contributed by atoms with E-state index in [4.69, 9.17) is 5.73 Å². The maximum Gasteiger partial charge on any atom is 0.390 e. The molecule has 0 aliphatic heterocycles. The van der Waals surface area contributed by atoms with Crippen LogP contribution in [0.5, 0.6) is 0 Å². The van der Waals surface area contributed by atoms with E-state index < -0.39 is 35.8 Å². The Morgan fingerprint density at radius 2 is 1.59 bits per heavy atom. The van der Waals surface area contributed by atoms with Gasteiger partial charge in [0.05, 0.1) is 6.42 Å². The zero-order valence-electron chi connectivity index (χ0n) is 8.19. The minimum Gasteiger partial charge on any atom is -0.323 e. The van der Waals surface area contributed by atoms with Crippen LogP contribution in [0, 0.1) is 11.6 Å². The van der Waals surface area contributed by atoms with Crippen molar-refractivity contribution in [3.63, 3.8) is 0 Å². The van der Waals surface area contributed by atoms with Gasteiger partial charge in [-0.05, 0) is 12.1 Å². The second-order valence-corrected chi connectivity index (χ2v) is 4.12. The molecule has 0 fully saturated rings. The van der Waals surface area contributed by atoms with Gasteiger partial charge >= 0.3 is 6.18 Å². The number of rotatable bonds is 2. The molecule has 98 valence electrons. The van der Waals surface area contributed by atoms with Crippen molar-refractivity contribution in [2.45, 2.75) is 18.6 Å². The topological polar surface area (TPSA) is 26.0 Å². The van der Waals surface area contributed by atoms with Crippen LogP contribution in [0.3, 0.4) is 0 Å². The fourth-order valence-corrected chi connectivity index (χ4v) is 1.66. The first-order valence-corrected chi connectivity index (χ1v) is 4.97. The van der Waals surface area contributed by atoms with E-state index in [-0.39, 0.29) is 16.9 Å². The molecule has 0 spiro atoms. The van der Waals surface area contributed by atoms with E-state index in [9.17, 15) is 22.0 Å². The van der Waals surface area contributed by atoms with Crippen molar-refractivity contribution in [1.29, 1.82) is 0 Å². The normalized spacial score (nSPS) is 13.1. The SMILES string of the molecule is Cl.N[C@H](CC(F)(F)F)c1c(F)cc(Br)cc1F. The fraction of sp³-hybridized carbons (Fsp3) is 0.333. The lowest BCUT2D eigenvalue weighted by Crippen LogP contribution is -2.22. The number of benzene rings is 1. The summed E-state index contributed by atoms with van der Waals surface area (Å²) < 4.78 is 62.5. The summed E-state index contributed by atoms with van der Waals surface area (Å²) in [7, 11) is 0. The molecule has 0 heterocycles. The van der Waals surface area contributed by atoms with Gasteiger partial charge in [-0.25, -0.2) is 8.78 Å². The van der Waals surface area contributed by atoms with Gasteiger partial charge in [0.15, 0.2) is 0 Å². The summed E-state index contributed by atoms with van der Waals surface area (Å²) in [6.07, 6.45) is -6.03. The molecule has 0 aliphatic carbocycles. The maximum atomic E-state index is 13.2. The minimum atomic E-state index is -4.56. The monoisotopic (exact) mass is 339 g/mol. The predicted octanol–water partition coefficient (Wildman–Crippen LogP) is 4.10. The molecule has 0 saturated heterocycles. The van der Waals surface area contributed by atoms with Crippen molar-refractivity contribution >= 4 is 28.3 Å². The molecule has 0 saturated carbocycles. The minimum absolute atomic E-state index is 0. The summed E-state index contributed by atoms with van der Waals surface area (Å²) in [5.41, 5.74) is 4.37. The average molecular weight is 341 g/mol. The van der Waals surface area contributed by atoms with Gasteiger partial charge in [-0.3, -0.25) is 0 Å². The first-order chi connectivity index (χ1) is 7.20. The molecule has 8 heteroatoms. The van der Waals surface area contributed by atoms with Gasteiger partial charge in [0.2, 0.25) is 0 Å². The van der Waals surface area contributed by atoms with Gasteiger partial charge in [-0.2, -0.15) is 13.2 Å². The predicted molar refractivity (Wildman–Crippen MR) is 58.9 cm³/mol. The van der Waals surface area contributed by atoms with Crippen LogP contribution >= 0.6 is 28.3 Å². The average Bonchev–Trinajstić information content (AvgIpc) is 1.96. The highest BCUT2D eigenvalue weighted by Crippen LogP contribution is 2.31. The third-order valence-corrected chi connectivity index (χ3v) is 2.32. The van der Waals surface area contributed by atoms with Crippen molar-refractivity contribution in [3.8, 4) is 0 Å². The van der Waals surface area contributed by atoms with Crippen LogP contribution in [-0.4, -0.2) is 6.18 Å². The smallest absolute Gasteiger partial charge is 0.323 e. The molecule has 0 aliphatic rings. The zero-order chi connectivity index (χ0) is 12.5. The summed E-state index contributed by atoms with van der Waals surface area (Å²) in [5.74, 6) is -2.19. The van der Waals surface area contributed by atoms with Crippen molar-refractivity contribution in [2.24, 2.45) is 5.73 Å². The second-order valence-electron chi connectivity index (χ2n) is 3.21. The lowest BCUT2D eigenvalue weighted by atomic mass is 10.0. The molecule has 0 radical (unpaired) electrons. The van der Waals surface area contributed by atoms with E-state index in [0.29, 0.717) is 0 Å². The van der Waals surface area contributed by atoms with Gasteiger partial charge in [-0.15, -0.1) is 12.4 Å². The quantitative estimate of drug-likeness (QED) is 0.806. The van der Waals surface area contributed by atoms with Gasteiger partial charge in [0.1, 0.15) is 11.6 Å². The number of hydrogen-bond donors (Lipinski definition) is 1. The molecule has 0 bridgehead atoms. The van der Waals surface area contributed by atoms with Crippen molar-refractivity contribution in [1.82, 2.24) is 0 Å². The molecule has 0 aromatic heterocycles. The van der Waals surface area contributed by atoms with Gasteiger partial charge < -0.3 is 5.73 Å². The highest BCUT2D eigenvalue weighted by Gasteiger charge is 2.33. The summed E-state index contributed by atoms with van der Waals surface area (Å²) in [6.45, 7) is 0. The molecule has 0 unspecified atom stereocenters. The fourth-order valence-electron chi connectivity index (χ4n) is 1.26.